The van der Waals surface area contributed by atoms with Gasteiger partial charge in [-0.25, -0.2) is 4.99 Å². The number of benzene rings is 1. The van der Waals surface area contributed by atoms with Crippen molar-refractivity contribution < 1.29 is 0 Å². The maximum atomic E-state index is 4.75. The second kappa shape index (κ2) is 11.7. The summed E-state index contributed by atoms with van der Waals surface area (Å²) in [5.41, 5.74) is 1.40. The van der Waals surface area contributed by atoms with Crippen molar-refractivity contribution in [2.75, 3.05) is 13.1 Å². The van der Waals surface area contributed by atoms with Crippen LogP contribution in [0.15, 0.2) is 52.8 Å². The number of hydrogen-bond donors (Lipinski definition) is 2. The van der Waals surface area contributed by atoms with Crippen LogP contribution in [0.4, 0.5) is 0 Å². The summed E-state index contributed by atoms with van der Waals surface area (Å²) in [6.45, 7) is 8.26. The first-order chi connectivity index (χ1) is 12.7. The SMILES string of the molecule is CCNC(=NCc1cccs1)NC1CCN(Cc2ccccc2)C(C)C1.I. The molecule has 1 aromatic carbocycles. The third-order valence-corrected chi connectivity index (χ3v) is 5.76. The third kappa shape index (κ3) is 7.08. The minimum absolute atomic E-state index is 0. The van der Waals surface area contributed by atoms with Crippen molar-refractivity contribution >= 4 is 41.3 Å². The number of likely N-dealkylation sites (tertiary alicyclic amines) is 1. The lowest BCUT2D eigenvalue weighted by Gasteiger charge is -2.38. The van der Waals surface area contributed by atoms with Gasteiger partial charge in [0.1, 0.15) is 0 Å². The molecule has 2 N–H and O–H groups in total. The molecule has 0 saturated carbocycles. The molecule has 1 aromatic heterocycles. The summed E-state index contributed by atoms with van der Waals surface area (Å²) < 4.78 is 0. The van der Waals surface area contributed by atoms with E-state index in [1.165, 1.54) is 10.4 Å². The zero-order valence-corrected chi connectivity index (χ0v) is 19.4. The Balaban J connectivity index is 0.00000261. The van der Waals surface area contributed by atoms with Crippen LogP contribution in [0.3, 0.4) is 0 Å². The highest BCUT2D eigenvalue weighted by Crippen LogP contribution is 2.20. The highest BCUT2D eigenvalue weighted by molar-refractivity contribution is 14.0. The van der Waals surface area contributed by atoms with Gasteiger partial charge in [-0.15, -0.1) is 35.3 Å². The summed E-state index contributed by atoms with van der Waals surface area (Å²) in [6, 6.07) is 16.1. The summed E-state index contributed by atoms with van der Waals surface area (Å²) in [5.74, 6) is 0.939. The molecule has 1 fully saturated rings. The monoisotopic (exact) mass is 498 g/mol. The Morgan fingerprint density at radius 1 is 1.22 bits per heavy atom. The third-order valence-electron chi connectivity index (χ3n) is 4.90. The average Bonchev–Trinajstić information content (AvgIpc) is 3.17. The molecule has 0 bridgehead atoms. The highest BCUT2D eigenvalue weighted by Gasteiger charge is 2.25. The van der Waals surface area contributed by atoms with E-state index >= 15 is 0 Å². The minimum atomic E-state index is 0. The second-order valence-corrected chi connectivity index (χ2v) is 7.98. The number of guanidine groups is 1. The van der Waals surface area contributed by atoms with E-state index in [2.05, 4.69) is 77.2 Å². The van der Waals surface area contributed by atoms with E-state index in [1.807, 2.05) is 0 Å². The lowest BCUT2D eigenvalue weighted by atomic mass is 9.97. The van der Waals surface area contributed by atoms with Crippen molar-refractivity contribution in [3.05, 3.63) is 58.3 Å². The number of nitrogens with zero attached hydrogens (tertiary/aromatic N) is 2. The molecular formula is C21H31IN4S. The van der Waals surface area contributed by atoms with Gasteiger partial charge in [0.05, 0.1) is 6.54 Å². The normalized spacial score (nSPS) is 20.7. The van der Waals surface area contributed by atoms with E-state index in [-0.39, 0.29) is 24.0 Å². The second-order valence-electron chi connectivity index (χ2n) is 6.95. The number of hydrogen-bond acceptors (Lipinski definition) is 3. The summed E-state index contributed by atoms with van der Waals surface area (Å²) in [5, 5.41) is 9.15. The molecule has 0 spiro atoms. The van der Waals surface area contributed by atoms with Crippen LogP contribution in [-0.4, -0.2) is 36.0 Å². The molecule has 0 radical (unpaired) electrons. The Morgan fingerprint density at radius 2 is 2.04 bits per heavy atom. The van der Waals surface area contributed by atoms with E-state index in [1.54, 1.807) is 11.3 Å². The lowest BCUT2D eigenvalue weighted by Crippen LogP contribution is -2.51. The van der Waals surface area contributed by atoms with Crippen molar-refractivity contribution in [3.63, 3.8) is 0 Å². The smallest absolute Gasteiger partial charge is 0.191 e. The highest BCUT2D eigenvalue weighted by atomic mass is 127. The fourth-order valence-corrected chi connectivity index (χ4v) is 4.11. The predicted molar refractivity (Wildman–Crippen MR) is 127 cm³/mol. The number of piperidine rings is 1. The largest absolute Gasteiger partial charge is 0.357 e. The van der Waals surface area contributed by atoms with Crippen LogP contribution in [-0.2, 0) is 13.1 Å². The number of rotatable bonds is 6. The zero-order valence-electron chi connectivity index (χ0n) is 16.2. The number of halogens is 1. The molecule has 0 amide bonds. The molecule has 27 heavy (non-hydrogen) atoms. The van der Waals surface area contributed by atoms with Crippen LogP contribution in [0, 0.1) is 0 Å². The molecule has 2 heterocycles. The van der Waals surface area contributed by atoms with Gasteiger partial charge in [0.25, 0.3) is 0 Å². The molecule has 4 nitrogen and oxygen atoms in total. The van der Waals surface area contributed by atoms with Crippen LogP contribution in [0.1, 0.15) is 37.1 Å². The fourth-order valence-electron chi connectivity index (χ4n) is 3.48. The Morgan fingerprint density at radius 3 is 2.70 bits per heavy atom. The predicted octanol–water partition coefficient (Wildman–Crippen LogP) is 4.47. The van der Waals surface area contributed by atoms with Crippen LogP contribution < -0.4 is 10.6 Å². The van der Waals surface area contributed by atoms with Gasteiger partial charge in [-0.3, -0.25) is 4.90 Å². The summed E-state index contributed by atoms with van der Waals surface area (Å²) >= 11 is 1.76. The summed E-state index contributed by atoms with van der Waals surface area (Å²) in [6.07, 6.45) is 2.30. The molecular weight excluding hydrogens is 467 g/mol. The first kappa shape index (κ1) is 22.2. The Labute approximate surface area is 184 Å². The molecule has 6 heteroatoms. The molecule has 148 valence electrons. The van der Waals surface area contributed by atoms with E-state index in [4.69, 9.17) is 4.99 Å². The quantitative estimate of drug-likeness (QED) is 0.351. The maximum Gasteiger partial charge on any atom is 0.191 e. The van der Waals surface area contributed by atoms with Crippen molar-refractivity contribution in [1.29, 1.82) is 0 Å². The first-order valence-electron chi connectivity index (χ1n) is 9.59. The Kier molecular flexibility index (Phi) is 9.58. The molecule has 2 aromatic rings. The standard InChI is InChI=1S/C21H30N4S.HI/c1-3-22-21(23-15-20-10-7-13-26-20)24-19-11-12-25(17(2)14-19)16-18-8-5-4-6-9-18;/h4-10,13,17,19H,3,11-12,14-16H2,1-2H3,(H2,22,23,24);1H. The van der Waals surface area contributed by atoms with Gasteiger partial charge in [0.2, 0.25) is 0 Å². The molecule has 2 atom stereocenters. The molecule has 3 rings (SSSR count). The molecule has 1 saturated heterocycles. The van der Waals surface area contributed by atoms with Crippen molar-refractivity contribution in [2.45, 2.75) is 51.9 Å². The first-order valence-corrected chi connectivity index (χ1v) is 10.5. The van der Waals surface area contributed by atoms with Gasteiger partial charge in [0.15, 0.2) is 5.96 Å². The van der Waals surface area contributed by atoms with Crippen LogP contribution >= 0.6 is 35.3 Å². The Bertz CT molecular complexity index is 675. The van der Waals surface area contributed by atoms with E-state index in [9.17, 15) is 0 Å². The fraction of sp³-hybridized carbons (Fsp3) is 0.476. The minimum Gasteiger partial charge on any atom is -0.357 e. The molecule has 2 unspecified atom stereocenters. The van der Waals surface area contributed by atoms with Crippen molar-refractivity contribution in [1.82, 2.24) is 15.5 Å². The summed E-state index contributed by atoms with van der Waals surface area (Å²) in [4.78, 5) is 8.64. The van der Waals surface area contributed by atoms with E-state index in [0.717, 1.165) is 45.0 Å². The number of thiophene rings is 1. The molecule has 1 aliphatic heterocycles. The van der Waals surface area contributed by atoms with Gasteiger partial charge in [0, 0.05) is 36.6 Å². The van der Waals surface area contributed by atoms with Crippen LogP contribution in [0.25, 0.3) is 0 Å². The Hall–Kier alpha value is -1.12. The van der Waals surface area contributed by atoms with Crippen LogP contribution in [0.5, 0.6) is 0 Å². The topological polar surface area (TPSA) is 39.7 Å². The van der Waals surface area contributed by atoms with Gasteiger partial charge in [-0.1, -0.05) is 36.4 Å². The van der Waals surface area contributed by atoms with Gasteiger partial charge >= 0.3 is 0 Å². The van der Waals surface area contributed by atoms with Crippen molar-refractivity contribution in [2.24, 2.45) is 4.99 Å². The number of aliphatic imine (C=N–C) groups is 1. The zero-order chi connectivity index (χ0) is 18.2. The summed E-state index contributed by atoms with van der Waals surface area (Å²) in [7, 11) is 0. The van der Waals surface area contributed by atoms with Gasteiger partial charge < -0.3 is 10.6 Å². The van der Waals surface area contributed by atoms with E-state index < -0.39 is 0 Å². The van der Waals surface area contributed by atoms with Crippen LogP contribution in [0.2, 0.25) is 0 Å². The lowest BCUT2D eigenvalue weighted by molar-refractivity contribution is 0.134. The average molecular weight is 498 g/mol. The van der Waals surface area contributed by atoms with Gasteiger partial charge in [-0.2, -0.15) is 0 Å². The maximum absolute atomic E-state index is 4.75. The van der Waals surface area contributed by atoms with E-state index in [0.29, 0.717) is 12.1 Å². The molecule has 0 aliphatic carbocycles. The van der Waals surface area contributed by atoms with Gasteiger partial charge in [-0.05, 0) is 43.7 Å². The molecule has 1 aliphatic rings. The number of nitrogens with one attached hydrogen (secondary N) is 2. The van der Waals surface area contributed by atoms with Crippen molar-refractivity contribution in [3.8, 4) is 0 Å².